The Labute approximate surface area is 172 Å². The zero-order chi connectivity index (χ0) is 21.6. The van der Waals surface area contributed by atoms with E-state index in [0.717, 1.165) is 32.5 Å². The highest BCUT2D eigenvalue weighted by Crippen LogP contribution is 2.23. The number of carbonyl (C=O) groups is 3. The minimum Gasteiger partial charge on any atom is -0.496 e. The van der Waals surface area contributed by atoms with Gasteiger partial charge in [-0.15, -0.1) is 0 Å². The van der Waals surface area contributed by atoms with E-state index in [4.69, 9.17) is 9.47 Å². The van der Waals surface area contributed by atoms with Gasteiger partial charge in [0.05, 0.1) is 19.3 Å². The van der Waals surface area contributed by atoms with Crippen LogP contribution in [0, 0.1) is 0 Å². The molecule has 1 aromatic rings. The lowest BCUT2D eigenvalue weighted by Crippen LogP contribution is -2.34. The second-order valence-electron chi connectivity index (χ2n) is 6.50. The molecule has 2 amide bonds. The van der Waals surface area contributed by atoms with Crippen LogP contribution in [0.15, 0.2) is 18.2 Å². The van der Waals surface area contributed by atoms with Crippen molar-refractivity contribution < 1.29 is 23.9 Å². The quantitative estimate of drug-likeness (QED) is 0.296. The predicted octanol–water partition coefficient (Wildman–Crippen LogP) is 2.44. The molecule has 0 radical (unpaired) electrons. The van der Waals surface area contributed by atoms with Crippen molar-refractivity contribution in [3.63, 3.8) is 0 Å². The van der Waals surface area contributed by atoms with Crippen molar-refractivity contribution in [2.75, 3.05) is 45.2 Å². The Kier molecular flexibility index (Phi) is 11.4. The molecular formula is C21H33N3O5. The average Bonchev–Trinajstić information content (AvgIpc) is 2.71. The summed E-state index contributed by atoms with van der Waals surface area (Å²) in [7, 11) is 1.46. The Morgan fingerprint density at radius 3 is 2.45 bits per heavy atom. The molecule has 0 aliphatic carbocycles. The molecule has 0 aliphatic heterocycles. The average molecular weight is 408 g/mol. The smallest absolute Gasteiger partial charge is 0.315 e. The first-order chi connectivity index (χ1) is 13.9. The summed E-state index contributed by atoms with van der Waals surface area (Å²) >= 11 is 0. The van der Waals surface area contributed by atoms with Crippen molar-refractivity contribution in [1.29, 1.82) is 0 Å². The molecule has 0 aliphatic rings. The third kappa shape index (κ3) is 8.95. The van der Waals surface area contributed by atoms with E-state index in [1.54, 1.807) is 18.2 Å². The molecule has 8 nitrogen and oxygen atoms in total. The topological polar surface area (TPSA) is 97.0 Å². The van der Waals surface area contributed by atoms with E-state index in [0.29, 0.717) is 30.2 Å². The summed E-state index contributed by atoms with van der Waals surface area (Å²) in [6.45, 7) is 9.61. The van der Waals surface area contributed by atoms with Gasteiger partial charge in [-0.1, -0.05) is 27.2 Å². The number of benzene rings is 1. The van der Waals surface area contributed by atoms with Crippen molar-refractivity contribution in [1.82, 2.24) is 10.2 Å². The minimum atomic E-state index is -0.563. The van der Waals surface area contributed by atoms with Gasteiger partial charge >= 0.3 is 5.97 Å². The van der Waals surface area contributed by atoms with Gasteiger partial charge in [-0.2, -0.15) is 0 Å². The highest BCUT2D eigenvalue weighted by atomic mass is 16.5. The summed E-state index contributed by atoms with van der Waals surface area (Å²) in [5.74, 6) is -0.947. The number of nitrogens with one attached hydrogen (secondary N) is 2. The van der Waals surface area contributed by atoms with E-state index in [1.165, 1.54) is 7.11 Å². The number of hydrogen-bond acceptors (Lipinski definition) is 6. The first-order valence-electron chi connectivity index (χ1n) is 10.1. The Bertz CT molecular complexity index is 674. The molecule has 0 saturated heterocycles. The van der Waals surface area contributed by atoms with Crippen LogP contribution in [0.3, 0.4) is 0 Å². The van der Waals surface area contributed by atoms with Crippen molar-refractivity contribution in [3.05, 3.63) is 23.8 Å². The largest absolute Gasteiger partial charge is 0.496 e. The Morgan fingerprint density at radius 1 is 1.10 bits per heavy atom. The number of rotatable bonds is 13. The highest BCUT2D eigenvalue weighted by Gasteiger charge is 2.15. The summed E-state index contributed by atoms with van der Waals surface area (Å²) in [4.78, 5) is 38.3. The second kappa shape index (κ2) is 13.5. The molecule has 8 heteroatoms. The monoisotopic (exact) mass is 407 g/mol. The highest BCUT2D eigenvalue weighted by molar-refractivity contribution is 6.03. The lowest BCUT2D eigenvalue weighted by molar-refractivity contribution is -0.145. The molecule has 0 bridgehead atoms. The van der Waals surface area contributed by atoms with Crippen LogP contribution < -0.4 is 15.4 Å². The van der Waals surface area contributed by atoms with Gasteiger partial charge < -0.3 is 25.0 Å². The molecular weight excluding hydrogens is 374 g/mol. The number of likely N-dealkylation sites (N-methyl/N-ethyl adjacent to an activating group) is 1. The molecule has 1 rings (SSSR count). The molecule has 0 atom stereocenters. The standard InChI is InChI=1S/C21H33N3O5/c1-5-8-13-29-20(26)15-19(25)23-16-9-10-17(18(14-16)28-4)21(27)22-11-12-24(6-2)7-3/h9-10,14H,5-8,11-13,15H2,1-4H3,(H,22,27)(H,23,25). The molecule has 0 heterocycles. The maximum Gasteiger partial charge on any atom is 0.315 e. The molecule has 0 saturated carbocycles. The summed E-state index contributed by atoms with van der Waals surface area (Å²) < 4.78 is 10.3. The van der Waals surface area contributed by atoms with Gasteiger partial charge in [0.1, 0.15) is 12.2 Å². The van der Waals surface area contributed by atoms with Crippen LogP contribution >= 0.6 is 0 Å². The lowest BCUT2D eigenvalue weighted by atomic mass is 10.1. The zero-order valence-electron chi connectivity index (χ0n) is 17.9. The van der Waals surface area contributed by atoms with Gasteiger partial charge in [-0.3, -0.25) is 14.4 Å². The Balaban J connectivity index is 2.62. The maximum atomic E-state index is 12.4. The number of nitrogens with zero attached hydrogens (tertiary/aromatic N) is 1. The molecule has 1 aromatic carbocycles. The molecule has 29 heavy (non-hydrogen) atoms. The van der Waals surface area contributed by atoms with Crippen LogP contribution in [0.5, 0.6) is 5.75 Å². The lowest BCUT2D eigenvalue weighted by Gasteiger charge is -2.18. The molecule has 0 spiro atoms. The van der Waals surface area contributed by atoms with E-state index in [1.807, 2.05) is 6.92 Å². The van der Waals surface area contributed by atoms with E-state index in [9.17, 15) is 14.4 Å². The number of anilines is 1. The number of amides is 2. The van der Waals surface area contributed by atoms with Crippen LogP contribution in [0.2, 0.25) is 0 Å². The van der Waals surface area contributed by atoms with Gasteiger partial charge in [0.25, 0.3) is 5.91 Å². The van der Waals surface area contributed by atoms with Crippen LogP contribution in [0.4, 0.5) is 5.69 Å². The van der Waals surface area contributed by atoms with Crippen LogP contribution in [-0.2, 0) is 14.3 Å². The third-order valence-electron chi connectivity index (χ3n) is 4.40. The summed E-state index contributed by atoms with van der Waals surface area (Å²) in [6, 6.07) is 4.74. The first kappa shape index (κ1) is 24.4. The van der Waals surface area contributed by atoms with Crippen LogP contribution in [-0.4, -0.2) is 62.6 Å². The fourth-order valence-corrected chi connectivity index (χ4v) is 2.64. The van der Waals surface area contributed by atoms with Gasteiger partial charge in [-0.25, -0.2) is 0 Å². The van der Waals surface area contributed by atoms with E-state index >= 15 is 0 Å². The minimum absolute atomic E-state index is 0.244. The maximum absolute atomic E-state index is 12.4. The van der Waals surface area contributed by atoms with Crippen LogP contribution in [0.25, 0.3) is 0 Å². The molecule has 162 valence electrons. The number of unbranched alkanes of at least 4 members (excludes halogenated alkanes) is 1. The van der Waals surface area contributed by atoms with Crippen molar-refractivity contribution in [2.45, 2.75) is 40.0 Å². The van der Waals surface area contributed by atoms with Crippen molar-refractivity contribution in [3.8, 4) is 5.75 Å². The third-order valence-corrected chi connectivity index (χ3v) is 4.40. The van der Waals surface area contributed by atoms with Gasteiger partial charge in [0.15, 0.2) is 0 Å². The first-order valence-corrected chi connectivity index (χ1v) is 10.1. The Morgan fingerprint density at radius 2 is 1.83 bits per heavy atom. The van der Waals surface area contributed by atoms with E-state index < -0.39 is 11.9 Å². The molecule has 0 fully saturated rings. The molecule has 2 N–H and O–H groups in total. The number of carbonyl (C=O) groups excluding carboxylic acids is 3. The van der Waals surface area contributed by atoms with Crippen LogP contribution in [0.1, 0.15) is 50.4 Å². The molecule has 0 aromatic heterocycles. The second-order valence-corrected chi connectivity index (χ2v) is 6.50. The number of methoxy groups -OCH3 is 1. The Hall–Kier alpha value is -2.61. The molecule has 0 unspecified atom stereocenters. The van der Waals surface area contributed by atoms with Gasteiger partial charge in [0, 0.05) is 24.8 Å². The van der Waals surface area contributed by atoms with Gasteiger partial charge in [0.2, 0.25) is 5.91 Å². The number of ether oxygens (including phenoxy) is 2. The van der Waals surface area contributed by atoms with Crippen molar-refractivity contribution >= 4 is 23.5 Å². The normalized spacial score (nSPS) is 10.5. The fourth-order valence-electron chi connectivity index (χ4n) is 2.64. The summed E-state index contributed by atoms with van der Waals surface area (Å²) in [5.41, 5.74) is 0.817. The predicted molar refractivity (Wildman–Crippen MR) is 112 cm³/mol. The summed E-state index contributed by atoms with van der Waals surface area (Å²) in [6.07, 6.45) is 1.32. The van der Waals surface area contributed by atoms with Crippen molar-refractivity contribution in [2.24, 2.45) is 0 Å². The SMILES string of the molecule is CCCCOC(=O)CC(=O)Nc1ccc(C(=O)NCCN(CC)CC)c(OC)c1. The van der Waals surface area contributed by atoms with E-state index in [2.05, 4.69) is 29.4 Å². The summed E-state index contributed by atoms with van der Waals surface area (Å²) in [5, 5.41) is 5.49. The number of hydrogen-bond donors (Lipinski definition) is 2. The number of esters is 1. The zero-order valence-corrected chi connectivity index (χ0v) is 17.9. The van der Waals surface area contributed by atoms with Gasteiger partial charge in [-0.05, 0) is 31.6 Å². The fraction of sp³-hybridized carbons (Fsp3) is 0.571. The van der Waals surface area contributed by atoms with E-state index in [-0.39, 0.29) is 12.3 Å².